The molecule has 3 rings (SSSR count). The topological polar surface area (TPSA) is 87.5 Å². The van der Waals surface area contributed by atoms with E-state index in [-0.39, 0.29) is 18.8 Å². The Bertz CT molecular complexity index is 810. The minimum atomic E-state index is -0.440. The predicted octanol–water partition coefficient (Wildman–Crippen LogP) is 1.09. The number of anilines is 1. The van der Waals surface area contributed by atoms with Crippen LogP contribution in [-0.4, -0.2) is 44.5 Å². The number of nitrogens with zero attached hydrogens (tertiary/aromatic N) is 3. The van der Waals surface area contributed by atoms with Gasteiger partial charge < -0.3 is 15.0 Å². The second kappa shape index (κ2) is 6.67. The summed E-state index contributed by atoms with van der Waals surface area (Å²) in [5, 5.41) is 12.0. The van der Waals surface area contributed by atoms with E-state index in [1.165, 1.54) is 6.08 Å². The van der Waals surface area contributed by atoms with Crippen LogP contribution in [0, 0.1) is 0 Å². The number of hydrogen-bond acceptors (Lipinski definition) is 5. The van der Waals surface area contributed by atoms with Crippen molar-refractivity contribution in [3.63, 3.8) is 0 Å². The third kappa shape index (κ3) is 2.81. The number of aryl methyl sites for hydroxylation is 1. The number of rotatable bonds is 6. The molecule has 0 aliphatic carbocycles. The molecule has 1 aromatic carbocycles. The van der Waals surface area contributed by atoms with Crippen LogP contribution in [0.5, 0.6) is 0 Å². The van der Waals surface area contributed by atoms with E-state index >= 15 is 0 Å². The average molecular weight is 326 g/mol. The molecule has 2 aromatic rings. The number of aliphatic hydroxyl groups excluding tert-OH is 1. The molecule has 2 N–H and O–H groups in total. The molecule has 0 fully saturated rings. The van der Waals surface area contributed by atoms with E-state index in [1.807, 2.05) is 42.0 Å². The SMILES string of the molecule is CCc1nccn1-c1ccccc1NC1=CC(=O)N(CCO)C1=O. The predicted molar refractivity (Wildman–Crippen MR) is 88.5 cm³/mol. The van der Waals surface area contributed by atoms with E-state index in [0.717, 1.165) is 22.8 Å². The fourth-order valence-electron chi connectivity index (χ4n) is 2.66. The highest BCUT2D eigenvalue weighted by Gasteiger charge is 2.30. The summed E-state index contributed by atoms with van der Waals surface area (Å²) in [6.07, 6.45) is 5.60. The van der Waals surface area contributed by atoms with Gasteiger partial charge in [0, 0.05) is 24.9 Å². The number of hydrogen-bond donors (Lipinski definition) is 2. The van der Waals surface area contributed by atoms with Crippen molar-refractivity contribution in [1.82, 2.24) is 14.5 Å². The van der Waals surface area contributed by atoms with Crippen molar-refractivity contribution in [2.75, 3.05) is 18.5 Å². The first-order valence-electron chi connectivity index (χ1n) is 7.72. The number of benzene rings is 1. The van der Waals surface area contributed by atoms with Gasteiger partial charge in [0.25, 0.3) is 11.8 Å². The van der Waals surface area contributed by atoms with Gasteiger partial charge in [-0.1, -0.05) is 19.1 Å². The molecule has 0 unspecified atom stereocenters. The van der Waals surface area contributed by atoms with Gasteiger partial charge in [-0.15, -0.1) is 0 Å². The molecule has 7 nitrogen and oxygen atoms in total. The summed E-state index contributed by atoms with van der Waals surface area (Å²) in [4.78, 5) is 29.5. The molecule has 2 heterocycles. The van der Waals surface area contributed by atoms with Crippen molar-refractivity contribution >= 4 is 17.5 Å². The zero-order chi connectivity index (χ0) is 17.1. The molecule has 7 heteroatoms. The molecule has 1 aliphatic heterocycles. The fourth-order valence-corrected chi connectivity index (χ4v) is 2.66. The number of β-amino-alcohol motifs (C(OH)–C–C–N with tert-alkyl or cyclic N) is 1. The molecule has 24 heavy (non-hydrogen) atoms. The average Bonchev–Trinajstić information content (AvgIpc) is 3.16. The van der Waals surface area contributed by atoms with Crippen LogP contribution in [0.1, 0.15) is 12.7 Å². The van der Waals surface area contributed by atoms with Gasteiger partial charge in [-0.25, -0.2) is 4.98 Å². The lowest BCUT2D eigenvalue weighted by Crippen LogP contribution is -2.34. The lowest BCUT2D eigenvalue weighted by molar-refractivity contribution is -0.137. The Morgan fingerprint density at radius 1 is 1.25 bits per heavy atom. The molecule has 124 valence electrons. The highest BCUT2D eigenvalue weighted by molar-refractivity contribution is 6.17. The second-order valence-electron chi connectivity index (χ2n) is 5.29. The lowest BCUT2D eigenvalue weighted by Gasteiger charge is -2.16. The van der Waals surface area contributed by atoms with E-state index in [9.17, 15) is 9.59 Å². The van der Waals surface area contributed by atoms with Gasteiger partial charge in [-0.3, -0.25) is 14.5 Å². The van der Waals surface area contributed by atoms with Crippen molar-refractivity contribution in [3.8, 4) is 5.69 Å². The molecule has 0 saturated heterocycles. The number of amides is 2. The smallest absolute Gasteiger partial charge is 0.277 e. The Morgan fingerprint density at radius 3 is 2.79 bits per heavy atom. The van der Waals surface area contributed by atoms with Gasteiger partial charge in [0.15, 0.2) is 0 Å². The molecular formula is C17H18N4O3. The summed E-state index contributed by atoms with van der Waals surface area (Å²) in [7, 11) is 0. The zero-order valence-electron chi connectivity index (χ0n) is 13.3. The van der Waals surface area contributed by atoms with Gasteiger partial charge >= 0.3 is 0 Å². The van der Waals surface area contributed by atoms with Crippen molar-refractivity contribution in [2.24, 2.45) is 0 Å². The van der Waals surface area contributed by atoms with E-state index in [2.05, 4.69) is 10.3 Å². The molecule has 1 aliphatic rings. The summed E-state index contributed by atoms with van der Waals surface area (Å²) < 4.78 is 1.94. The lowest BCUT2D eigenvalue weighted by atomic mass is 10.2. The number of carbonyl (C=O) groups excluding carboxylic acids is 2. The van der Waals surface area contributed by atoms with Gasteiger partial charge in [0.05, 0.1) is 24.5 Å². The maximum atomic E-state index is 12.3. The summed E-state index contributed by atoms with van der Waals surface area (Å²) in [5.41, 5.74) is 1.73. The summed E-state index contributed by atoms with van der Waals surface area (Å²) in [5.74, 6) is 0.0325. The van der Waals surface area contributed by atoms with Gasteiger partial charge in [0.2, 0.25) is 0 Å². The summed E-state index contributed by atoms with van der Waals surface area (Å²) >= 11 is 0. The van der Waals surface area contributed by atoms with Gasteiger partial charge in [-0.2, -0.15) is 0 Å². The molecule has 2 amide bonds. The summed E-state index contributed by atoms with van der Waals surface area (Å²) in [6, 6.07) is 7.49. The molecule has 1 aromatic heterocycles. The normalized spacial score (nSPS) is 14.2. The molecule has 0 bridgehead atoms. The van der Waals surface area contributed by atoms with Gasteiger partial charge in [-0.05, 0) is 12.1 Å². The first-order chi connectivity index (χ1) is 11.7. The zero-order valence-corrected chi connectivity index (χ0v) is 13.3. The van der Waals surface area contributed by atoms with Crippen LogP contribution >= 0.6 is 0 Å². The number of aromatic nitrogens is 2. The van der Waals surface area contributed by atoms with Crippen molar-refractivity contribution < 1.29 is 14.7 Å². The number of nitrogens with one attached hydrogen (secondary N) is 1. The number of imidazole rings is 1. The Labute approximate surface area is 139 Å². The van der Waals surface area contributed by atoms with Crippen molar-refractivity contribution in [3.05, 3.63) is 54.3 Å². The Kier molecular flexibility index (Phi) is 4.43. The Balaban J connectivity index is 1.91. The monoisotopic (exact) mass is 326 g/mol. The van der Waals surface area contributed by atoms with Crippen molar-refractivity contribution in [2.45, 2.75) is 13.3 Å². The van der Waals surface area contributed by atoms with Crippen LogP contribution < -0.4 is 5.32 Å². The van der Waals surface area contributed by atoms with Crippen LogP contribution in [0.25, 0.3) is 5.69 Å². The van der Waals surface area contributed by atoms with Crippen LogP contribution in [0.2, 0.25) is 0 Å². The van der Waals surface area contributed by atoms with Crippen LogP contribution in [0.15, 0.2) is 48.4 Å². The second-order valence-corrected chi connectivity index (χ2v) is 5.29. The number of para-hydroxylation sites is 2. The Hall–Kier alpha value is -2.93. The number of carbonyl (C=O) groups is 2. The summed E-state index contributed by atoms with van der Waals surface area (Å²) in [6.45, 7) is 1.75. The van der Waals surface area contributed by atoms with E-state index < -0.39 is 11.8 Å². The largest absolute Gasteiger partial charge is 0.395 e. The standard InChI is InChI=1S/C17H18N4O3/c1-2-15-18-7-8-20(15)14-6-4-3-5-12(14)19-13-11-16(23)21(9-10-22)17(13)24/h3-8,11,19,22H,2,9-10H2,1H3. The third-order valence-electron chi connectivity index (χ3n) is 3.80. The minimum Gasteiger partial charge on any atom is -0.395 e. The number of imide groups is 1. The maximum Gasteiger partial charge on any atom is 0.277 e. The van der Waals surface area contributed by atoms with E-state index in [0.29, 0.717) is 5.69 Å². The van der Waals surface area contributed by atoms with E-state index in [4.69, 9.17) is 5.11 Å². The molecule has 0 spiro atoms. The van der Waals surface area contributed by atoms with Gasteiger partial charge in [0.1, 0.15) is 11.5 Å². The molecule has 0 saturated carbocycles. The first kappa shape index (κ1) is 15.9. The van der Waals surface area contributed by atoms with Crippen LogP contribution in [-0.2, 0) is 16.0 Å². The van der Waals surface area contributed by atoms with Crippen molar-refractivity contribution in [1.29, 1.82) is 0 Å². The number of aliphatic hydroxyl groups is 1. The van der Waals surface area contributed by atoms with Crippen LogP contribution in [0.4, 0.5) is 5.69 Å². The highest BCUT2D eigenvalue weighted by Crippen LogP contribution is 2.25. The Morgan fingerprint density at radius 2 is 2.04 bits per heavy atom. The molecular weight excluding hydrogens is 308 g/mol. The maximum absolute atomic E-state index is 12.3. The highest BCUT2D eigenvalue weighted by atomic mass is 16.3. The van der Waals surface area contributed by atoms with E-state index in [1.54, 1.807) is 6.20 Å². The molecule has 0 radical (unpaired) electrons. The quantitative estimate of drug-likeness (QED) is 0.776. The third-order valence-corrected chi connectivity index (χ3v) is 3.80. The fraction of sp³-hybridized carbons (Fsp3) is 0.235. The van der Waals surface area contributed by atoms with Crippen LogP contribution in [0.3, 0.4) is 0 Å². The molecule has 0 atom stereocenters. The minimum absolute atomic E-state index is 0.0114. The first-order valence-corrected chi connectivity index (χ1v) is 7.72.